The molecule has 0 aliphatic carbocycles. The first-order chi connectivity index (χ1) is 16.9. The summed E-state index contributed by atoms with van der Waals surface area (Å²) in [6.45, 7) is 5.76. The van der Waals surface area contributed by atoms with Crippen molar-refractivity contribution in [1.29, 1.82) is 0 Å². The molecule has 0 unspecified atom stereocenters. The Kier molecular flexibility index (Phi) is 7.51. The van der Waals surface area contributed by atoms with Crippen molar-refractivity contribution in [2.75, 3.05) is 63.0 Å². The van der Waals surface area contributed by atoms with Crippen LogP contribution < -0.4 is 25.0 Å². The summed E-state index contributed by atoms with van der Waals surface area (Å²) < 4.78 is 10.7. The van der Waals surface area contributed by atoms with Gasteiger partial charge in [0.15, 0.2) is 16.6 Å². The molecule has 1 aliphatic heterocycles. The third-order valence-electron chi connectivity index (χ3n) is 5.67. The lowest BCUT2D eigenvalue weighted by Crippen LogP contribution is -2.44. The Balaban J connectivity index is 1.58. The zero-order chi connectivity index (χ0) is 24.9. The molecule has 2 aromatic heterocycles. The molecule has 1 aliphatic rings. The van der Waals surface area contributed by atoms with E-state index in [9.17, 15) is 9.90 Å². The molecule has 1 fully saturated rings. The van der Waals surface area contributed by atoms with Gasteiger partial charge in [-0.2, -0.15) is 9.97 Å². The number of anilines is 4. The van der Waals surface area contributed by atoms with E-state index in [1.807, 2.05) is 24.3 Å². The molecule has 1 aromatic carbocycles. The van der Waals surface area contributed by atoms with E-state index in [2.05, 4.69) is 37.4 Å². The van der Waals surface area contributed by atoms with Crippen LogP contribution in [0.4, 0.5) is 22.7 Å². The summed E-state index contributed by atoms with van der Waals surface area (Å²) >= 11 is 1.06. The van der Waals surface area contributed by atoms with Crippen LogP contribution in [0.15, 0.2) is 24.3 Å². The molecule has 0 bridgehead atoms. The van der Waals surface area contributed by atoms with Crippen LogP contribution in [-0.2, 0) is 6.54 Å². The maximum Gasteiger partial charge on any atom is 0.347 e. The van der Waals surface area contributed by atoms with Crippen molar-refractivity contribution in [1.82, 2.24) is 19.9 Å². The Labute approximate surface area is 207 Å². The van der Waals surface area contributed by atoms with Crippen LogP contribution in [0.5, 0.6) is 11.5 Å². The third-order valence-corrected chi connectivity index (χ3v) is 6.73. The molecule has 11 nitrogen and oxygen atoms in total. The summed E-state index contributed by atoms with van der Waals surface area (Å²) in [5.41, 5.74) is 1.45. The molecule has 0 atom stereocenters. The molecule has 0 amide bonds. The first-order valence-electron chi connectivity index (χ1n) is 11.1. The fraction of sp³-hybridized carbons (Fsp3) is 0.391. The minimum absolute atomic E-state index is 0.189. The molecule has 3 N–H and O–H groups in total. The Morgan fingerprint density at radius 2 is 1.83 bits per heavy atom. The number of aryl methyl sites for hydroxylation is 1. The Morgan fingerprint density at radius 3 is 2.49 bits per heavy atom. The second-order valence-corrected chi connectivity index (χ2v) is 9.13. The summed E-state index contributed by atoms with van der Waals surface area (Å²) in [5, 5.41) is 16.2. The van der Waals surface area contributed by atoms with Gasteiger partial charge in [0.1, 0.15) is 16.5 Å². The van der Waals surface area contributed by atoms with Crippen molar-refractivity contribution in [2.24, 2.45) is 0 Å². The maximum absolute atomic E-state index is 11.4. The number of carboxylic acid groups (broad SMARTS) is 1. The van der Waals surface area contributed by atoms with Gasteiger partial charge in [-0.15, -0.1) is 0 Å². The van der Waals surface area contributed by atoms with E-state index in [1.165, 1.54) is 0 Å². The fourth-order valence-corrected chi connectivity index (χ4v) is 4.50. The minimum Gasteiger partial charge on any atom is -0.493 e. The number of carbonyl (C=O) groups is 1. The second-order valence-electron chi connectivity index (χ2n) is 8.13. The summed E-state index contributed by atoms with van der Waals surface area (Å²) in [5.74, 6) is 2.10. The van der Waals surface area contributed by atoms with Gasteiger partial charge in [0.2, 0.25) is 5.95 Å². The molecule has 186 valence electrons. The average Bonchev–Trinajstić information content (AvgIpc) is 3.22. The van der Waals surface area contributed by atoms with Crippen LogP contribution >= 0.6 is 11.3 Å². The lowest BCUT2D eigenvalue weighted by atomic mass is 10.2. The number of aromatic carboxylic acids is 1. The van der Waals surface area contributed by atoms with Crippen LogP contribution in [0.1, 0.15) is 20.9 Å². The summed E-state index contributed by atoms with van der Waals surface area (Å²) in [4.78, 5) is 29.7. The Hall–Kier alpha value is -3.64. The number of likely N-dealkylation sites (N-methyl/N-ethyl adjacent to an activating group) is 1. The molecule has 0 radical (unpaired) electrons. The number of benzene rings is 1. The molecule has 35 heavy (non-hydrogen) atoms. The number of piperazine rings is 1. The van der Waals surface area contributed by atoms with Gasteiger partial charge in [-0.1, -0.05) is 17.4 Å². The zero-order valence-electron chi connectivity index (χ0n) is 20.2. The number of carboxylic acids is 1. The Morgan fingerprint density at radius 1 is 1.09 bits per heavy atom. The van der Waals surface area contributed by atoms with Gasteiger partial charge in [-0.25, -0.2) is 9.78 Å². The largest absolute Gasteiger partial charge is 0.493 e. The molecule has 0 saturated carbocycles. The lowest BCUT2D eigenvalue weighted by Gasteiger charge is -2.33. The zero-order valence-corrected chi connectivity index (χ0v) is 21.0. The van der Waals surface area contributed by atoms with Crippen LogP contribution in [0, 0.1) is 6.92 Å². The number of hydrogen-bond donors (Lipinski definition) is 3. The van der Waals surface area contributed by atoms with Crippen molar-refractivity contribution < 1.29 is 19.4 Å². The molecular weight excluding hydrogens is 470 g/mol. The molecule has 12 heteroatoms. The predicted octanol–water partition coefficient (Wildman–Crippen LogP) is 3.06. The van der Waals surface area contributed by atoms with E-state index in [0.717, 1.165) is 48.9 Å². The highest BCUT2D eigenvalue weighted by atomic mass is 32.1. The van der Waals surface area contributed by atoms with Crippen molar-refractivity contribution in [3.8, 4) is 11.5 Å². The normalized spacial score (nSPS) is 14.0. The number of nitrogens with one attached hydrogen (secondary N) is 2. The van der Waals surface area contributed by atoms with Crippen LogP contribution in [0.25, 0.3) is 0 Å². The van der Waals surface area contributed by atoms with E-state index in [1.54, 1.807) is 21.1 Å². The summed E-state index contributed by atoms with van der Waals surface area (Å²) in [6.07, 6.45) is 0. The van der Waals surface area contributed by atoms with E-state index < -0.39 is 5.97 Å². The summed E-state index contributed by atoms with van der Waals surface area (Å²) in [6, 6.07) is 7.66. The van der Waals surface area contributed by atoms with E-state index in [0.29, 0.717) is 40.6 Å². The highest BCUT2D eigenvalue weighted by Crippen LogP contribution is 2.29. The van der Waals surface area contributed by atoms with E-state index >= 15 is 0 Å². The monoisotopic (exact) mass is 499 g/mol. The van der Waals surface area contributed by atoms with Gasteiger partial charge in [0.05, 0.1) is 19.9 Å². The SMILES string of the molecule is COc1ccc(CNc2cc(N3CCN(C)CC3)nc(Nc3nc(C)c(C(=O)O)s3)n2)cc1OC. The third kappa shape index (κ3) is 5.89. The number of methoxy groups -OCH3 is 2. The van der Waals surface area contributed by atoms with Gasteiger partial charge < -0.3 is 29.7 Å². The number of rotatable bonds is 9. The quantitative estimate of drug-likeness (QED) is 0.402. The van der Waals surface area contributed by atoms with Gasteiger partial charge in [0.25, 0.3) is 0 Å². The number of nitrogens with zero attached hydrogens (tertiary/aromatic N) is 5. The predicted molar refractivity (Wildman–Crippen MR) is 136 cm³/mol. The lowest BCUT2D eigenvalue weighted by molar-refractivity contribution is 0.0701. The number of aromatic nitrogens is 3. The van der Waals surface area contributed by atoms with Gasteiger partial charge >= 0.3 is 5.97 Å². The molecule has 3 aromatic rings. The van der Waals surface area contributed by atoms with Crippen molar-refractivity contribution in [2.45, 2.75) is 13.5 Å². The van der Waals surface area contributed by atoms with Crippen molar-refractivity contribution in [3.63, 3.8) is 0 Å². The van der Waals surface area contributed by atoms with Crippen LogP contribution in [0.3, 0.4) is 0 Å². The number of ether oxygens (including phenoxy) is 2. The van der Waals surface area contributed by atoms with Crippen molar-refractivity contribution in [3.05, 3.63) is 40.4 Å². The first-order valence-corrected chi connectivity index (χ1v) is 11.9. The van der Waals surface area contributed by atoms with Crippen molar-refractivity contribution >= 4 is 40.0 Å². The fourth-order valence-electron chi connectivity index (χ4n) is 3.71. The van der Waals surface area contributed by atoms with Crippen LogP contribution in [0.2, 0.25) is 0 Å². The topological polar surface area (TPSA) is 125 Å². The van der Waals surface area contributed by atoms with Gasteiger partial charge in [0, 0.05) is 38.8 Å². The maximum atomic E-state index is 11.4. The highest BCUT2D eigenvalue weighted by Gasteiger charge is 2.19. The van der Waals surface area contributed by atoms with E-state index in [4.69, 9.17) is 14.5 Å². The average molecular weight is 500 g/mol. The Bertz CT molecular complexity index is 1190. The van der Waals surface area contributed by atoms with Gasteiger partial charge in [-0.05, 0) is 31.7 Å². The minimum atomic E-state index is -1.00. The number of hydrogen-bond acceptors (Lipinski definition) is 11. The highest BCUT2D eigenvalue weighted by molar-refractivity contribution is 7.17. The van der Waals surface area contributed by atoms with Gasteiger partial charge in [-0.3, -0.25) is 5.32 Å². The van der Waals surface area contributed by atoms with E-state index in [-0.39, 0.29) is 4.88 Å². The molecule has 4 rings (SSSR count). The molecule has 0 spiro atoms. The molecule has 1 saturated heterocycles. The number of thiazole rings is 1. The second kappa shape index (κ2) is 10.7. The van der Waals surface area contributed by atoms with Crippen LogP contribution in [-0.4, -0.2) is 78.4 Å². The first kappa shape index (κ1) is 24.5. The molecule has 3 heterocycles. The molecular formula is C23H29N7O4S. The standard InChI is InChI=1S/C23H29N7O4S/c1-14-20(21(31)32)35-23(25-14)28-22-26-18(12-19(27-22)30-9-7-29(2)8-10-30)24-13-15-5-6-16(33-3)17(11-15)34-4/h5-6,11-12H,7-10,13H2,1-4H3,(H,31,32)(H2,24,25,26,27,28). The summed E-state index contributed by atoms with van der Waals surface area (Å²) in [7, 11) is 5.32. The smallest absolute Gasteiger partial charge is 0.347 e.